The van der Waals surface area contributed by atoms with Crippen molar-refractivity contribution >= 4 is 16.9 Å². The molecule has 3 rings (SSSR count). The predicted octanol–water partition coefficient (Wildman–Crippen LogP) is 2.35. The largest absolute Gasteiger partial charge is 0.354 e. The second-order valence-electron chi connectivity index (χ2n) is 5.98. The molecule has 0 saturated heterocycles. The first kappa shape index (κ1) is 17.1. The van der Waals surface area contributed by atoms with Crippen molar-refractivity contribution in [3.8, 4) is 0 Å². The topological polar surface area (TPSA) is 77.6 Å². The second-order valence-corrected chi connectivity index (χ2v) is 5.98. The summed E-state index contributed by atoms with van der Waals surface area (Å²) in [6.07, 6.45) is 5.81. The molecule has 7 nitrogen and oxygen atoms in total. The van der Waals surface area contributed by atoms with Crippen LogP contribution in [0.15, 0.2) is 36.7 Å². The van der Waals surface area contributed by atoms with Crippen LogP contribution in [-0.2, 0) is 17.8 Å². The maximum atomic E-state index is 12.8. The average Bonchev–Trinajstić information content (AvgIpc) is 3.27. The lowest BCUT2D eigenvalue weighted by atomic mass is 10.1. The molecule has 0 aliphatic carbocycles. The van der Waals surface area contributed by atoms with E-state index in [2.05, 4.69) is 32.1 Å². The highest BCUT2D eigenvalue weighted by Crippen LogP contribution is 2.24. The fourth-order valence-electron chi connectivity index (χ4n) is 3.10. The number of fused-ring (bicyclic) bond motifs is 1. The van der Waals surface area contributed by atoms with Crippen LogP contribution in [0.3, 0.4) is 0 Å². The van der Waals surface area contributed by atoms with Gasteiger partial charge in [0.25, 0.3) is 0 Å². The predicted molar refractivity (Wildman–Crippen MR) is 96.1 cm³/mol. The molecule has 0 spiro atoms. The standard InChI is InChI=1S/C18H24N6O/c1-3-15(18(25)19-10-7-12-23-13-11-20-22-23)24-16-9-6-5-8-14(16)21-17(24)4-2/h5-6,8-9,11,13,15H,3-4,7,10,12H2,1-2H3,(H,19,25)/t15-/m1/s1. The summed E-state index contributed by atoms with van der Waals surface area (Å²) in [5.74, 6) is 0.991. The van der Waals surface area contributed by atoms with E-state index >= 15 is 0 Å². The highest BCUT2D eigenvalue weighted by Gasteiger charge is 2.23. The molecule has 1 atom stereocenters. The van der Waals surface area contributed by atoms with Gasteiger partial charge in [0, 0.05) is 25.7 Å². The molecule has 1 aromatic carbocycles. The van der Waals surface area contributed by atoms with E-state index in [0.717, 1.165) is 42.7 Å². The Morgan fingerprint density at radius 2 is 2.12 bits per heavy atom. The first-order valence-electron chi connectivity index (χ1n) is 8.82. The number of amides is 1. The lowest BCUT2D eigenvalue weighted by Gasteiger charge is -2.19. The van der Waals surface area contributed by atoms with Crippen LogP contribution in [0.25, 0.3) is 11.0 Å². The molecule has 1 N–H and O–H groups in total. The quantitative estimate of drug-likeness (QED) is 0.639. The minimum Gasteiger partial charge on any atom is -0.354 e. The molecule has 2 heterocycles. The number of nitrogens with one attached hydrogen (secondary N) is 1. The van der Waals surface area contributed by atoms with E-state index in [1.807, 2.05) is 37.4 Å². The van der Waals surface area contributed by atoms with Gasteiger partial charge >= 0.3 is 0 Å². The third kappa shape index (κ3) is 3.70. The Hall–Kier alpha value is -2.70. The Balaban J connectivity index is 1.70. The summed E-state index contributed by atoms with van der Waals surface area (Å²) in [6.45, 7) is 5.46. The molecule has 0 saturated carbocycles. The van der Waals surface area contributed by atoms with Gasteiger partial charge in [0.15, 0.2) is 0 Å². The molecule has 2 aromatic heterocycles. The van der Waals surface area contributed by atoms with Gasteiger partial charge in [0.2, 0.25) is 5.91 Å². The van der Waals surface area contributed by atoms with Gasteiger partial charge in [0.05, 0.1) is 17.2 Å². The van der Waals surface area contributed by atoms with Crippen LogP contribution in [-0.4, -0.2) is 37.0 Å². The summed E-state index contributed by atoms with van der Waals surface area (Å²) in [4.78, 5) is 17.4. The zero-order valence-electron chi connectivity index (χ0n) is 14.7. The van der Waals surface area contributed by atoms with Crippen molar-refractivity contribution in [1.29, 1.82) is 0 Å². The Kier molecular flexibility index (Phi) is 5.42. The number of carbonyl (C=O) groups is 1. The van der Waals surface area contributed by atoms with Gasteiger partial charge in [-0.3, -0.25) is 9.48 Å². The van der Waals surface area contributed by atoms with Crippen LogP contribution in [0.1, 0.15) is 38.6 Å². The second kappa shape index (κ2) is 7.92. The number of imidazole rings is 1. The van der Waals surface area contributed by atoms with Gasteiger partial charge in [-0.2, -0.15) is 0 Å². The fraction of sp³-hybridized carbons (Fsp3) is 0.444. The van der Waals surface area contributed by atoms with E-state index < -0.39 is 0 Å². The van der Waals surface area contributed by atoms with Gasteiger partial charge in [-0.25, -0.2) is 4.98 Å². The van der Waals surface area contributed by atoms with Crippen LogP contribution in [0.4, 0.5) is 0 Å². The fourth-order valence-corrected chi connectivity index (χ4v) is 3.10. The van der Waals surface area contributed by atoms with Crippen molar-refractivity contribution < 1.29 is 4.79 Å². The van der Waals surface area contributed by atoms with E-state index in [0.29, 0.717) is 6.54 Å². The monoisotopic (exact) mass is 340 g/mol. The molecule has 0 bridgehead atoms. The van der Waals surface area contributed by atoms with E-state index in [1.54, 1.807) is 10.9 Å². The molecule has 3 aromatic rings. The van der Waals surface area contributed by atoms with Crippen molar-refractivity contribution in [3.63, 3.8) is 0 Å². The number of aryl methyl sites for hydroxylation is 2. The average molecular weight is 340 g/mol. The van der Waals surface area contributed by atoms with Gasteiger partial charge in [-0.1, -0.05) is 31.2 Å². The van der Waals surface area contributed by atoms with Gasteiger partial charge in [0.1, 0.15) is 11.9 Å². The first-order valence-corrected chi connectivity index (χ1v) is 8.82. The van der Waals surface area contributed by atoms with Crippen molar-refractivity contribution in [2.45, 2.75) is 45.7 Å². The summed E-state index contributed by atoms with van der Waals surface area (Å²) in [5.41, 5.74) is 1.96. The third-order valence-corrected chi connectivity index (χ3v) is 4.32. The molecule has 25 heavy (non-hydrogen) atoms. The van der Waals surface area contributed by atoms with Crippen molar-refractivity contribution in [2.24, 2.45) is 0 Å². The summed E-state index contributed by atoms with van der Waals surface area (Å²) in [6, 6.07) is 7.75. The minimum absolute atomic E-state index is 0.0407. The normalized spacial score (nSPS) is 12.4. The van der Waals surface area contributed by atoms with Crippen LogP contribution >= 0.6 is 0 Å². The lowest BCUT2D eigenvalue weighted by Crippen LogP contribution is -2.34. The molecular weight excluding hydrogens is 316 g/mol. The SMILES string of the molecule is CCc1nc2ccccc2n1[C@H](CC)C(=O)NCCCn1ccnn1. The summed E-state index contributed by atoms with van der Waals surface area (Å²) in [5, 5.41) is 10.7. The minimum atomic E-state index is -0.242. The highest BCUT2D eigenvalue weighted by molar-refractivity contribution is 5.84. The van der Waals surface area contributed by atoms with Crippen LogP contribution < -0.4 is 5.32 Å². The molecule has 7 heteroatoms. The van der Waals surface area contributed by atoms with Gasteiger partial charge in [-0.15, -0.1) is 5.10 Å². The molecule has 0 unspecified atom stereocenters. The molecule has 0 fully saturated rings. The van der Waals surface area contributed by atoms with E-state index in [1.165, 1.54) is 0 Å². The molecular formula is C18H24N6O. The lowest BCUT2D eigenvalue weighted by molar-refractivity contribution is -0.124. The number of nitrogens with zero attached hydrogens (tertiary/aromatic N) is 5. The Morgan fingerprint density at radius 1 is 1.28 bits per heavy atom. The number of para-hydroxylation sites is 2. The number of rotatable bonds is 8. The summed E-state index contributed by atoms with van der Waals surface area (Å²) in [7, 11) is 0. The van der Waals surface area contributed by atoms with Crippen molar-refractivity contribution in [1.82, 2.24) is 29.9 Å². The zero-order chi connectivity index (χ0) is 17.6. The number of aromatic nitrogens is 5. The number of hydrogen-bond acceptors (Lipinski definition) is 4. The number of benzene rings is 1. The van der Waals surface area contributed by atoms with Crippen LogP contribution in [0, 0.1) is 0 Å². The van der Waals surface area contributed by atoms with Gasteiger partial charge < -0.3 is 9.88 Å². The summed E-state index contributed by atoms with van der Waals surface area (Å²) >= 11 is 0. The molecule has 0 aliphatic rings. The zero-order valence-corrected chi connectivity index (χ0v) is 14.7. The summed E-state index contributed by atoms with van der Waals surface area (Å²) < 4.78 is 3.85. The molecule has 0 aliphatic heterocycles. The Bertz CT molecular complexity index is 823. The van der Waals surface area contributed by atoms with Crippen molar-refractivity contribution in [2.75, 3.05) is 6.54 Å². The number of hydrogen-bond donors (Lipinski definition) is 1. The van der Waals surface area contributed by atoms with Gasteiger partial charge in [-0.05, 0) is 25.0 Å². The Morgan fingerprint density at radius 3 is 2.84 bits per heavy atom. The molecule has 132 valence electrons. The maximum Gasteiger partial charge on any atom is 0.243 e. The van der Waals surface area contributed by atoms with Crippen LogP contribution in [0.5, 0.6) is 0 Å². The smallest absolute Gasteiger partial charge is 0.243 e. The maximum absolute atomic E-state index is 12.8. The molecule has 1 amide bonds. The van der Waals surface area contributed by atoms with E-state index in [-0.39, 0.29) is 11.9 Å². The number of carbonyl (C=O) groups excluding carboxylic acids is 1. The molecule has 0 radical (unpaired) electrons. The van der Waals surface area contributed by atoms with Crippen LogP contribution in [0.2, 0.25) is 0 Å². The third-order valence-electron chi connectivity index (χ3n) is 4.32. The highest BCUT2D eigenvalue weighted by atomic mass is 16.2. The van der Waals surface area contributed by atoms with E-state index in [9.17, 15) is 4.79 Å². The van der Waals surface area contributed by atoms with Crippen molar-refractivity contribution in [3.05, 3.63) is 42.5 Å². The first-order chi connectivity index (χ1) is 12.2. The van der Waals surface area contributed by atoms with E-state index in [4.69, 9.17) is 0 Å². The Labute approximate surface area is 147 Å².